The molecule has 9 rings (SSSR count). The number of nitrogens with zero attached hydrogens (tertiary/aromatic N) is 3. The van der Waals surface area contributed by atoms with Crippen LogP contribution in [-0.4, -0.2) is 14.5 Å². The Bertz CT molecular complexity index is 2440. The van der Waals surface area contributed by atoms with E-state index >= 15 is 0 Å². The molecule has 2 heterocycles. The van der Waals surface area contributed by atoms with Gasteiger partial charge < -0.3 is 0 Å². The summed E-state index contributed by atoms with van der Waals surface area (Å²) in [5, 5.41) is 9.83. The van der Waals surface area contributed by atoms with Gasteiger partial charge in [0, 0.05) is 27.3 Å². The van der Waals surface area contributed by atoms with Gasteiger partial charge >= 0.3 is 0 Å². The highest BCUT2D eigenvalue weighted by atomic mass is 15.2. The molecule has 200 valence electrons. The number of hydrogen-bond donors (Lipinski definition) is 0. The lowest BCUT2D eigenvalue weighted by molar-refractivity contribution is 0.998. The number of hydrogen-bond acceptors (Lipinski definition) is 2. The summed E-state index contributed by atoms with van der Waals surface area (Å²) in [6, 6.07) is 53.6. The molecule has 0 aliphatic carbocycles. The molecule has 43 heavy (non-hydrogen) atoms. The van der Waals surface area contributed by atoms with Gasteiger partial charge in [0.1, 0.15) is 0 Å². The molecule has 3 nitrogen and oxygen atoms in total. The molecule has 0 bridgehead atoms. The Balaban J connectivity index is 1.42. The average molecular weight is 548 g/mol. The molecule has 0 aliphatic rings. The fourth-order valence-corrected chi connectivity index (χ4v) is 6.62. The summed E-state index contributed by atoms with van der Waals surface area (Å²) in [7, 11) is 0. The van der Waals surface area contributed by atoms with Crippen LogP contribution in [0.15, 0.2) is 152 Å². The van der Waals surface area contributed by atoms with Crippen molar-refractivity contribution in [2.75, 3.05) is 0 Å². The van der Waals surface area contributed by atoms with Crippen molar-refractivity contribution in [2.24, 2.45) is 0 Å². The van der Waals surface area contributed by atoms with Gasteiger partial charge in [-0.15, -0.1) is 0 Å². The zero-order valence-electron chi connectivity index (χ0n) is 23.3. The standard InChI is InChI=1S/C40H25N3/c1-3-12-27(13-4-1)36-25-37(28-14-5-2-6-15-28)42-40(41-36)43-38-18-10-9-17-33(38)35-24-22-32-31-20-19-26-11-7-8-16-29(26)30(31)21-23-34(32)39(35)43/h1-25H. The third-order valence-electron chi connectivity index (χ3n) is 8.61. The van der Waals surface area contributed by atoms with E-state index in [0.717, 1.165) is 33.5 Å². The van der Waals surface area contributed by atoms with Crippen LogP contribution in [0.25, 0.3) is 82.6 Å². The zero-order chi connectivity index (χ0) is 28.3. The maximum atomic E-state index is 5.23. The summed E-state index contributed by atoms with van der Waals surface area (Å²) in [5.41, 5.74) is 6.13. The van der Waals surface area contributed by atoms with E-state index in [4.69, 9.17) is 9.97 Å². The predicted octanol–water partition coefficient (Wildman–Crippen LogP) is 10.4. The van der Waals surface area contributed by atoms with Gasteiger partial charge in [-0.25, -0.2) is 9.97 Å². The Morgan fingerprint density at radius 2 is 0.860 bits per heavy atom. The summed E-state index contributed by atoms with van der Waals surface area (Å²) >= 11 is 0. The van der Waals surface area contributed by atoms with Crippen LogP contribution in [0.1, 0.15) is 0 Å². The lowest BCUT2D eigenvalue weighted by atomic mass is 9.96. The van der Waals surface area contributed by atoms with Gasteiger partial charge in [-0.3, -0.25) is 4.57 Å². The fraction of sp³-hybridized carbons (Fsp3) is 0. The number of para-hydroxylation sites is 1. The van der Waals surface area contributed by atoms with E-state index in [2.05, 4.69) is 144 Å². The molecule has 9 aromatic rings. The van der Waals surface area contributed by atoms with E-state index in [9.17, 15) is 0 Å². The first kappa shape index (κ1) is 23.9. The van der Waals surface area contributed by atoms with Crippen molar-refractivity contribution < 1.29 is 0 Å². The molecule has 0 N–H and O–H groups in total. The highest BCUT2D eigenvalue weighted by molar-refractivity contribution is 6.25. The Kier molecular flexibility index (Phi) is 5.20. The normalized spacial score (nSPS) is 11.7. The molecule has 0 unspecified atom stereocenters. The van der Waals surface area contributed by atoms with Gasteiger partial charge in [0.15, 0.2) is 0 Å². The van der Waals surface area contributed by atoms with Gasteiger partial charge in [0.2, 0.25) is 5.95 Å². The summed E-state index contributed by atoms with van der Waals surface area (Å²) < 4.78 is 2.26. The summed E-state index contributed by atoms with van der Waals surface area (Å²) in [5.74, 6) is 0.664. The van der Waals surface area contributed by atoms with E-state index in [1.807, 2.05) is 12.1 Å². The van der Waals surface area contributed by atoms with E-state index in [1.54, 1.807) is 0 Å². The molecule has 0 atom stereocenters. The SMILES string of the molecule is c1ccc(-c2cc(-c3ccccc3)nc(-n3c4ccccc4c4ccc5c6ccc7ccccc7c6ccc5c43)n2)cc1. The van der Waals surface area contributed by atoms with Crippen LogP contribution in [-0.2, 0) is 0 Å². The second-order valence-corrected chi connectivity index (χ2v) is 11.0. The first-order chi connectivity index (χ1) is 21.3. The Labute approximate surface area is 248 Å². The minimum Gasteiger partial charge on any atom is -0.277 e. The number of fused-ring (bicyclic) bond motifs is 9. The number of rotatable bonds is 3. The molecule has 0 aliphatic heterocycles. The van der Waals surface area contributed by atoms with Gasteiger partial charge in [0.25, 0.3) is 0 Å². The molecule has 7 aromatic carbocycles. The zero-order valence-corrected chi connectivity index (χ0v) is 23.3. The van der Waals surface area contributed by atoms with Crippen LogP contribution >= 0.6 is 0 Å². The molecule has 0 spiro atoms. The van der Waals surface area contributed by atoms with Crippen molar-refractivity contribution in [1.82, 2.24) is 14.5 Å². The Hall–Kier alpha value is -5.80. The molecule has 0 saturated carbocycles. The summed E-state index contributed by atoms with van der Waals surface area (Å²) in [6.45, 7) is 0. The average Bonchev–Trinajstić information content (AvgIpc) is 3.43. The lowest BCUT2D eigenvalue weighted by Crippen LogP contribution is -2.04. The summed E-state index contributed by atoms with van der Waals surface area (Å²) in [6.07, 6.45) is 0. The quantitative estimate of drug-likeness (QED) is 0.206. The molecule has 0 fully saturated rings. The van der Waals surface area contributed by atoms with Crippen LogP contribution in [0.4, 0.5) is 0 Å². The van der Waals surface area contributed by atoms with Crippen LogP contribution in [0.2, 0.25) is 0 Å². The second-order valence-electron chi connectivity index (χ2n) is 11.0. The van der Waals surface area contributed by atoms with Gasteiger partial charge in [-0.2, -0.15) is 0 Å². The highest BCUT2D eigenvalue weighted by Gasteiger charge is 2.19. The van der Waals surface area contributed by atoms with Crippen molar-refractivity contribution >= 4 is 54.1 Å². The first-order valence-electron chi connectivity index (χ1n) is 14.6. The first-order valence-corrected chi connectivity index (χ1v) is 14.6. The van der Waals surface area contributed by atoms with E-state index in [-0.39, 0.29) is 0 Å². The molecule has 3 heteroatoms. The summed E-state index contributed by atoms with van der Waals surface area (Å²) in [4.78, 5) is 10.5. The number of aromatic nitrogens is 3. The Morgan fingerprint density at radius 1 is 0.372 bits per heavy atom. The highest BCUT2D eigenvalue weighted by Crippen LogP contribution is 2.40. The fourth-order valence-electron chi connectivity index (χ4n) is 6.62. The molecular weight excluding hydrogens is 522 g/mol. The van der Waals surface area contributed by atoms with Crippen molar-refractivity contribution in [2.45, 2.75) is 0 Å². The maximum absolute atomic E-state index is 5.23. The monoisotopic (exact) mass is 547 g/mol. The van der Waals surface area contributed by atoms with Crippen LogP contribution in [0.3, 0.4) is 0 Å². The van der Waals surface area contributed by atoms with E-state index in [0.29, 0.717) is 5.95 Å². The van der Waals surface area contributed by atoms with Crippen molar-refractivity contribution in [1.29, 1.82) is 0 Å². The smallest absolute Gasteiger partial charge is 0.235 e. The van der Waals surface area contributed by atoms with Crippen molar-refractivity contribution in [3.8, 4) is 28.5 Å². The van der Waals surface area contributed by atoms with Crippen LogP contribution in [0.5, 0.6) is 0 Å². The largest absolute Gasteiger partial charge is 0.277 e. The third kappa shape index (κ3) is 3.68. The minimum absolute atomic E-state index is 0.664. The lowest BCUT2D eigenvalue weighted by Gasteiger charge is -2.13. The molecule has 0 saturated heterocycles. The van der Waals surface area contributed by atoms with Crippen molar-refractivity contribution in [3.05, 3.63) is 152 Å². The maximum Gasteiger partial charge on any atom is 0.235 e. The molecular formula is C40H25N3. The molecule has 0 amide bonds. The topological polar surface area (TPSA) is 30.7 Å². The molecule has 0 radical (unpaired) electrons. The number of benzene rings is 7. The second kappa shape index (κ2) is 9.37. The van der Waals surface area contributed by atoms with Crippen LogP contribution < -0.4 is 0 Å². The van der Waals surface area contributed by atoms with Gasteiger partial charge in [0.05, 0.1) is 22.4 Å². The predicted molar refractivity (Wildman–Crippen MR) is 180 cm³/mol. The van der Waals surface area contributed by atoms with Gasteiger partial charge in [-0.1, -0.05) is 140 Å². The third-order valence-corrected chi connectivity index (χ3v) is 8.61. The minimum atomic E-state index is 0.664. The Morgan fingerprint density at radius 3 is 1.56 bits per heavy atom. The van der Waals surface area contributed by atoms with Crippen LogP contribution in [0, 0.1) is 0 Å². The van der Waals surface area contributed by atoms with Gasteiger partial charge in [-0.05, 0) is 39.1 Å². The van der Waals surface area contributed by atoms with E-state index < -0.39 is 0 Å². The van der Waals surface area contributed by atoms with E-state index in [1.165, 1.54) is 43.1 Å². The van der Waals surface area contributed by atoms with Crippen molar-refractivity contribution in [3.63, 3.8) is 0 Å². The molecule has 2 aromatic heterocycles.